The fourth-order valence-corrected chi connectivity index (χ4v) is 2.53. The molecule has 0 aliphatic rings. The van der Waals surface area contributed by atoms with Gasteiger partial charge in [0.15, 0.2) is 0 Å². The minimum Gasteiger partial charge on any atom is -0.427 e. The summed E-state index contributed by atoms with van der Waals surface area (Å²) in [6, 6.07) is 22.4. The van der Waals surface area contributed by atoms with Gasteiger partial charge < -0.3 is 9.76 Å². The molecule has 1 N–H and O–H groups in total. The molecule has 0 spiro atoms. The molecule has 3 rings (SSSR count). The van der Waals surface area contributed by atoms with Gasteiger partial charge in [-0.2, -0.15) is 0 Å². The molecule has 137 valence electrons. The first kappa shape index (κ1) is 19.3. The topological polar surface area (TPSA) is 42.4 Å². The van der Waals surface area contributed by atoms with Crippen molar-refractivity contribution in [2.45, 2.75) is 38.9 Å². The minimum absolute atomic E-state index is 0.700. The van der Waals surface area contributed by atoms with E-state index in [2.05, 4.69) is 23.2 Å². The van der Waals surface area contributed by atoms with Crippen molar-refractivity contribution < 1.29 is 9.76 Å². The third-order valence-corrected chi connectivity index (χ3v) is 5.01. The van der Waals surface area contributed by atoms with E-state index in [-0.39, 0.29) is 0 Å². The van der Waals surface area contributed by atoms with E-state index >= 15 is 0 Å². The lowest BCUT2D eigenvalue weighted by Crippen LogP contribution is -2.49. The van der Waals surface area contributed by atoms with Gasteiger partial charge in [-0.15, -0.1) is 0 Å². The summed E-state index contributed by atoms with van der Waals surface area (Å²) in [6.07, 6.45) is 1.84. The quantitative estimate of drug-likeness (QED) is 0.671. The van der Waals surface area contributed by atoms with Gasteiger partial charge in [-0.05, 0) is 56.5 Å². The van der Waals surface area contributed by atoms with Crippen LogP contribution in [0.3, 0.4) is 0 Å². The van der Waals surface area contributed by atoms with Crippen molar-refractivity contribution in [2.24, 2.45) is 0 Å². The van der Waals surface area contributed by atoms with Gasteiger partial charge in [0, 0.05) is 6.20 Å². The molecular weight excluding hydrogens is 333 g/mol. The second kappa shape index (κ2) is 7.67. The van der Waals surface area contributed by atoms with Gasteiger partial charge in [0.1, 0.15) is 0 Å². The molecule has 1 heterocycles. The predicted octanol–water partition coefficient (Wildman–Crippen LogP) is 4.23. The van der Waals surface area contributed by atoms with E-state index in [1.54, 1.807) is 21.3 Å². The highest BCUT2D eigenvalue weighted by molar-refractivity contribution is 6.47. The molecule has 4 heteroatoms. The lowest BCUT2D eigenvalue weighted by Gasteiger charge is -2.37. The first-order valence-corrected chi connectivity index (χ1v) is 9.12. The second-order valence-corrected chi connectivity index (χ2v) is 7.73. The maximum absolute atomic E-state index is 10.2. The summed E-state index contributed by atoms with van der Waals surface area (Å²) >= 11 is 0. The SMILES string of the molecule is CC(C)(O)C(C)(C)O[B]c1cccc(-c2cc(-c3ccccc3)ccn2)c1. The Morgan fingerprint density at radius 3 is 2.22 bits per heavy atom. The summed E-state index contributed by atoms with van der Waals surface area (Å²) in [7, 11) is 1.70. The van der Waals surface area contributed by atoms with Crippen molar-refractivity contribution in [1.29, 1.82) is 0 Å². The molecular formula is C23H25BNO2. The standard InChI is InChI=1S/C23H25BNO2/c1-22(2,26)23(3,4)27-24-20-12-8-11-19(15-20)21-16-18(13-14-25-21)17-9-6-5-7-10-17/h5-16,26H,1-4H3. The Morgan fingerprint density at radius 1 is 0.815 bits per heavy atom. The molecule has 0 bridgehead atoms. The molecule has 3 aromatic rings. The van der Waals surface area contributed by atoms with E-state index in [4.69, 9.17) is 4.65 Å². The number of nitrogens with zero attached hydrogens (tertiary/aromatic N) is 1. The third-order valence-electron chi connectivity index (χ3n) is 5.01. The predicted molar refractivity (Wildman–Crippen MR) is 112 cm³/mol. The maximum Gasteiger partial charge on any atom is 0.330 e. The molecule has 0 amide bonds. The summed E-state index contributed by atoms with van der Waals surface area (Å²) in [6.45, 7) is 7.24. The van der Waals surface area contributed by atoms with Crippen molar-refractivity contribution in [3.05, 3.63) is 72.9 Å². The minimum atomic E-state index is -0.952. The van der Waals surface area contributed by atoms with Crippen molar-refractivity contribution in [3.8, 4) is 22.4 Å². The average molecular weight is 358 g/mol. The first-order valence-electron chi connectivity index (χ1n) is 9.12. The van der Waals surface area contributed by atoms with Crippen LogP contribution in [-0.4, -0.2) is 28.8 Å². The van der Waals surface area contributed by atoms with Crippen molar-refractivity contribution in [1.82, 2.24) is 4.98 Å². The van der Waals surface area contributed by atoms with Crippen molar-refractivity contribution in [2.75, 3.05) is 0 Å². The van der Waals surface area contributed by atoms with Crippen LogP contribution in [0.2, 0.25) is 0 Å². The van der Waals surface area contributed by atoms with E-state index in [0.29, 0.717) is 0 Å². The second-order valence-electron chi connectivity index (χ2n) is 7.73. The Labute approximate surface area is 162 Å². The van der Waals surface area contributed by atoms with E-state index in [1.807, 2.05) is 68.6 Å². The summed E-state index contributed by atoms with van der Waals surface area (Å²) in [5.74, 6) is 0. The molecule has 0 aliphatic heterocycles. The molecule has 0 aliphatic carbocycles. The highest BCUT2D eigenvalue weighted by atomic mass is 16.5. The fourth-order valence-electron chi connectivity index (χ4n) is 2.53. The summed E-state index contributed by atoms with van der Waals surface area (Å²) in [5, 5.41) is 10.2. The zero-order chi connectivity index (χ0) is 19.5. The Morgan fingerprint density at radius 2 is 1.52 bits per heavy atom. The largest absolute Gasteiger partial charge is 0.427 e. The number of aliphatic hydroxyl groups is 1. The van der Waals surface area contributed by atoms with Gasteiger partial charge in [-0.25, -0.2) is 0 Å². The monoisotopic (exact) mass is 358 g/mol. The Hall–Kier alpha value is -2.43. The van der Waals surface area contributed by atoms with Gasteiger partial charge in [-0.3, -0.25) is 4.98 Å². The van der Waals surface area contributed by atoms with E-state index in [1.165, 1.54) is 5.56 Å². The summed E-state index contributed by atoms with van der Waals surface area (Å²) in [4.78, 5) is 4.53. The lowest BCUT2D eigenvalue weighted by molar-refractivity contribution is -0.0893. The number of rotatable bonds is 6. The van der Waals surface area contributed by atoms with Gasteiger partial charge in [-0.1, -0.05) is 60.1 Å². The molecule has 3 nitrogen and oxygen atoms in total. The average Bonchev–Trinajstić information content (AvgIpc) is 2.67. The highest BCUT2D eigenvalue weighted by Crippen LogP contribution is 2.25. The van der Waals surface area contributed by atoms with Gasteiger partial charge in [0.2, 0.25) is 0 Å². The molecule has 0 saturated carbocycles. The van der Waals surface area contributed by atoms with Gasteiger partial charge in [0.25, 0.3) is 0 Å². The van der Waals surface area contributed by atoms with Crippen LogP contribution < -0.4 is 5.46 Å². The Balaban J connectivity index is 1.82. The summed E-state index contributed by atoms with van der Waals surface area (Å²) < 4.78 is 5.87. The molecule has 0 unspecified atom stereocenters. The van der Waals surface area contributed by atoms with E-state index < -0.39 is 11.2 Å². The zero-order valence-electron chi connectivity index (χ0n) is 16.3. The van der Waals surface area contributed by atoms with Crippen LogP contribution >= 0.6 is 0 Å². The lowest BCUT2D eigenvalue weighted by atomic mass is 9.82. The van der Waals surface area contributed by atoms with E-state index in [0.717, 1.165) is 22.3 Å². The molecule has 1 aromatic heterocycles. The molecule has 0 atom stereocenters. The number of pyridine rings is 1. The number of aromatic nitrogens is 1. The van der Waals surface area contributed by atoms with Crippen LogP contribution in [0.25, 0.3) is 22.4 Å². The molecule has 0 fully saturated rings. The van der Waals surface area contributed by atoms with Crippen LogP contribution in [0.15, 0.2) is 72.9 Å². The molecule has 0 saturated heterocycles. The zero-order valence-corrected chi connectivity index (χ0v) is 16.3. The third kappa shape index (κ3) is 4.65. The first-order chi connectivity index (χ1) is 12.8. The highest BCUT2D eigenvalue weighted by Gasteiger charge is 2.35. The smallest absolute Gasteiger partial charge is 0.330 e. The van der Waals surface area contributed by atoms with Gasteiger partial charge in [0.05, 0.1) is 16.9 Å². The van der Waals surface area contributed by atoms with Crippen molar-refractivity contribution >= 4 is 12.9 Å². The van der Waals surface area contributed by atoms with Crippen LogP contribution in [0.4, 0.5) is 0 Å². The fraction of sp³-hybridized carbons (Fsp3) is 0.261. The number of benzene rings is 2. The van der Waals surface area contributed by atoms with Gasteiger partial charge >= 0.3 is 7.48 Å². The van der Waals surface area contributed by atoms with Crippen LogP contribution in [-0.2, 0) is 4.65 Å². The Bertz CT molecular complexity index is 902. The van der Waals surface area contributed by atoms with Crippen LogP contribution in [0.1, 0.15) is 27.7 Å². The normalized spacial score (nSPS) is 12.0. The van der Waals surface area contributed by atoms with Crippen LogP contribution in [0.5, 0.6) is 0 Å². The Kier molecular flexibility index (Phi) is 5.49. The summed E-state index contributed by atoms with van der Waals surface area (Å²) in [5.41, 5.74) is 3.51. The number of hydrogen-bond donors (Lipinski definition) is 1. The molecule has 2 aromatic carbocycles. The molecule has 27 heavy (non-hydrogen) atoms. The maximum atomic E-state index is 10.2. The van der Waals surface area contributed by atoms with E-state index in [9.17, 15) is 5.11 Å². The van der Waals surface area contributed by atoms with Crippen molar-refractivity contribution in [3.63, 3.8) is 0 Å². The molecule has 1 radical (unpaired) electrons. The van der Waals surface area contributed by atoms with Crippen LogP contribution in [0, 0.1) is 0 Å². The number of hydrogen-bond acceptors (Lipinski definition) is 3.